The van der Waals surface area contributed by atoms with Gasteiger partial charge in [-0.05, 0) is 24.3 Å². The molecule has 0 bridgehead atoms. The van der Waals surface area contributed by atoms with Gasteiger partial charge in [0, 0.05) is 0 Å². The SMILES string of the molecule is Cc1nc(C(F)(F)F)c(Cn2nnnc2C)s1. The number of hydrogen-bond acceptors (Lipinski definition) is 5. The molecule has 0 atom stereocenters. The van der Waals surface area contributed by atoms with E-state index in [-0.39, 0.29) is 11.4 Å². The number of alkyl halides is 3. The van der Waals surface area contributed by atoms with Gasteiger partial charge in [0.05, 0.1) is 16.4 Å². The third-order valence-corrected chi connectivity index (χ3v) is 3.03. The lowest BCUT2D eigenvalue weighted by Crippen LogP contribution is -2.12. The Balaban J connectivity index is 2.36. The van der Waals surface area contributed by atoms with Crippen LogP contribution in [0.4, 0.5) is 13.2 Å². The minimum atomic E-state index is -4.44. The molecule has 0 aliphatic carbocycles. The number of thiazole rings is 1. The Morgan fingerprint density at radius 2 is 2.00 bits per heavy atom. The number of aryl methyl sites for hydroxylation is 2. The molecule has 2 heterocycles. The molecule has 0 spiro atoms. The summed E-state index contributed by atoms with van der Waals surface area (Å²) in [6, 6.07) is 0. The molecule has 2 aromatic heterocycles. The zero-order valence-electron chi connectivity index (χ0n) is 8.99. The number of nitrogens with zero attached hydrogens (tertiary/aromatic N) is 5. The Morgan fingerprint density at radius 3 is 2.53 bits per heavy atom. The molecule has 0 saturated heterocycles. The molecular weight excluding hydrogens is 255 g/mol. The average Bonchev–Trinajstić information content (AvgIpc) is 2.74. The van der Waals surface area contributed by atoms with E-state index in [1.54, 1.807) is 6.92 Å². The summed E-state index contributed by atoms with van der Waals surface area (Å²) in [7, 11) is 0. The van der Waals surface area contributed by atoms with Gasteiger partial charge in [0.15, 0.2) is 5.69 Å². The lowest BCUT2D eigenvalue weighted by Gasteiger charge is -2.06. The van der Waals surface area contributed by atoms with Crippen molar-refractivity contribution in [1.29, 1.82) is 0 Å². The molecule has 0 radical (unpaired) electrons. The zero-order valence-corrected chi connectivity index (χ0v) is 9.80. The van der Waals surface area contributed by atoms with E-state index >= 15 is 0 Å². The minimum Gasteiger partial charge on any atom is -0.237 e. The second-order valence-corrected chi connectivity index (χ2v) is 4.67. The molecular formula is C8H8F3N5S. The predicted octanol–water partition coefficient (Wildman–Crippen LogP) is 1.81. The van der Waals surface area contributed by atoms with Gasteiger partial charge in [0.2, 0.25) is 0 Å². The van der Waals surface area contributed by atoms with Crippen LogP contribution in [-0.4, -0.2) is 25.2 Å². The van der Waals surface area contributed by atoms with Crippen molar-refractivity contribution in [3.05, 3.63) is 21.4 Å². The Bertz CT molecular complexity index is 529. The minimum absolute atomic E-state index is 0.0147. The standard InChI is InChI=1S/C8H8F3N5S/c1-4-13-14-15-16(4)3-6-7(8(9,10)11)12-5(2)17-6/h3H2,1-2H3. The number of rotatable bonds is 2. The first-order chi connectivity index (χ1) is 7.88. The molecule has 9 heteroatoms. The van der Waals surface area contributed by atoms with Gasteiger partial charge in [-0.3, -0.25) is 0 Å². The molecule has 17 heavy (non-hydrogen) atoms. The first-order valence-electron chi connectivity index (χ1n) is 4.64. The van der Waals surface area contributed by atoms with Crippen molar-refractivity contribution in [2.45, 2.75) is 26.6 Å². The molecule has 0 aliphatic rings. The molecule has 92 valence electrons. The summed E-state index contributed by atoms with van der Waals surface area (Å²) in [6.07, 6.45) is -4.44. The van der Waals surface area contributed by atoms with Crippen molar-refractivity contribution < 1.29 is 13.2 Å². The normalized spacial score (nSPS) is 12.1. The fraction of sp³-hybridized carbons (Fsp3) is 0.500. The first-order valence-corrected chi connectivity index (χ1v) is 5.46. The van der Waals surface area contributed by atoms with Crippen LogP contribution in [0.5, 0.6) is 0 Å². The number of aromatic nitrogens is 5. The summed E-state index contributed by atoms with van der Waals surface area (Å²) in [4.78, 5) is 3.62. The van der Waals surface area contributed by atoms with Crippen molar-refractivity contribution in [3.63, 3.8) is 0 Å². The molecule has 0 unspecified atom stereocenters. The molecule has 0 aromatic carbocycles. The van der Waals surface area contributed by atoms with Crippen LogP contribution in [0.3, 0.4) is 0 Å². The topological polar surface area (TPSA) is 56.5 Å². The van der Waals surface area contributed by atoms with Crippen LogP contribution < -0.4 is 0 Å². The monoisotopic (exact) mass is 263 g/mol. The lowest BCUT2D eigenvalue weighted by molar-refractivity contribution is -0.141. The van der Waals surface area contributed by atoms with Gasteiger partial charge in [0.1, 0.15) is 5.82 Å². The quantitative estimate of drug-likeness (QED) is 0.829. The van der Waals surface area contributed by atoms with Gasteiger partial charge in [-0.25, -0.2) is 9.67 Å². The Labute approximate surface area is 98.3 Å². The maximum atomic E-state index is 12.7. The molecule has 0 amide bonds. The van der Waals surface area contributed by atoms with E-state index in [1.165, 1.54) is 11.6 Å². The van der Waals surface area contributed by atoms with E-state index in [9.17, 15) is 13.2 Å². The van der Waals surface area contributed by atoms with E-state index in [1.807, 2.05) is 0 Å². The zero-order chi connectivity index (χ0) is 12.6. The fourth-order valence-electron chi connectivity index (χ4n) is 1.33. The third kappa shape index (κ3) is 2.43. The maximum Gasteiger partial charge on any atom is 0.434 e. The van der Waals surface area contributed by atoms with E-state index < -0.39 is 11.9 Å². The highest BCUT2D eigenvalue weighted by atomic mass is 32.1. The van der Waals surface area contributed by atoms with Gasteiger partial charge in [-0.1, -0.05) is 0 Å². The summed E-state index contributed by atoms with van der Waals surface area (Å²) < 4.78 is 39.3. The first kappa shape index (κ1) is 12.0. The Hall–Kier alpha value is -1.51. The summed E-state index contributed by atoms with van der Waals surface area (Å²) in [5, 5.41) is 11.0. The molecule has 0 N–H and O–H groups in total. The van der Waals surface area contributed by atoms with Crippen LogP contribution in [0.1, 0.15) is 21.4 Å². The van der Waals surface area contributed by atoms with Crippen molar-refractivity contribution in [3.8, 4) is 0 Å². The van der Waals surface area contributed by atoms with Crippen LogP contribution in [0.25, 0.3) is 0 Å². The third-order valence-electron chi connectivity index (χ3n) is 2.08. The highest BCUT2D eigenvalue weighted by molar-refractivity contribution is 7.11. The van der Waals surface area contributed by atoms with Crippen molar-refractivity contribution >= 4 is 11.3 Å². The number of hydrogen-bond donors (Lipinski definition) is 0. The van der Waals surface area contributed by atoms with E-state index in [2.05, 4.69) is 20.5 Å². The molecule has 0 aliphatic heterocycles. The molecule has 2 aromatic rings. The molecule has 2 rings (SSSR count). The van der Waals surface area contributed by atoms with E-state index in [4.69, 9.17) is 0 Å². The Morgan fingerprint density at radius 1 is 1.29 bits per heavy atom. The highest BCUT2D eigenvalue weighted by Crippen LogP contribution is 2.34. The van der Waals surface area contributed by atoms with Crippen LogP contribution >= 0.6 is 11.3 Å². The highest BCUT2D eigenvalue weighted by Gasteiger charge is 2.37. The van der Waals surface area contributed by atoms with Gasteiger partial charge >= 0.3 is 6.18 Å². The van der Waals surface area contributed by atoms with Gasteiger partial charge < -0.3 is 0 Å². The summed E-state index contributed by atoms with van der Waals surface area (Å²) >= 11 is 1.00. The second kappa shape index (κ2) is 4.06. The van der Waals surface area contributed by atoms with E-state index in [0.29, 0.717) is 10.8 Å². The van der Waals surface area contributed by atoms with Crippen LogP contribution in [0.2, 0.25) is 0 Å². The fourth-order valence-corrected chi connectivity index (χ4v) is 2.27. The number of tetrazole rings is 1. The largest absolute Gasteiger partial charge is 0.434 e. The van der Waals surface area contributed by atoms with Crippen molar-refractivity contribution in [2.75, 3.05) is 0 Å². The molecule has 5 nitrogen and oxygen atoms in total. The summed E-state index contributed by atoms with van der Waals surface area (Å²) in [6.45, 7) is 3.15. The smallest absolute Gasteiger partial charge is 0.237 e. The maximum absolute atomic E-state index is 12.7. The number of halogens is 3. The lowest BCUT2D eigenvalue weighted by atomic mass is 10.3. The van der Waals surface area contributed by atoms with Gasteiger partial charge in [0.25, 0.3) is 0 Å². The average molecular weight is 263 g/mol. The van der Waals surface area contributed by atoms with Crippen LogP contribution in [-0.2, 0) is 12.7 Å². The predicted molar refractivity (Wildman–Crippen MR) is 53.5 cm³/mol. The van der Waals surface area contributed by atoms with Crippen LogP contribution in [0, 0.1) is 13.8 Å². The molecule has 0 fully saturated rings. The Kier molecular flexibility index (Phi) is 2.86. The summed E-state index contributed by atoms with van der Waals surface area (Å²) in [5.41, 5.74) is -0.852. The summed E-state index contributed by atoms with van der Waals surface area (Å²) in [5.74, 6) is 0.462. The second-order valence-electron chi connectivity index (χ2n) is 3.39. The molecule has 0 saturated carbocycles. The van der Waals surface area contributed by atoms with E-state index in [0.717, 1.165) is 11.3 Å². The van der Waals surface area contributed by atoms with Gasteiger partial charge in [-0.15, -0.1) is 16.4 Å². The van der Waals surface area contributed by atoms with Crippen LogP contribution in [0.15, 0.2) is 0 Å². The van der Waals surface area contributed by atoms with Crippen molar-refractivity contribution in [1.82, 2.24) is 25.2 Å². The van der Waals surface area contributed by atoms with Gasteiger partial charge in [-0.2, -0.15) is 13.2 Å². The van der Waals surface area contributed by atoms with Crippen molar-refractivity contribution in [2.24, 2.45) is 0 Å².